The number of esters is 1. The zero-order valence-electron chi connectivity index (χ0n) is 14.9. The number of amides is 1. The van der Waals surface area contributed by atoms with Gasteiger partial charge in [-0.2, -0.15) is 0 Å². The summed E-state index contributed by atoms with van der Waals surface area (Å²) in [5.41, 5.74) is 1.97. The average Bonchev–Trinajstić information content (AvgIpc) is 3.19. The highest BCUT2D eigenvalue weighted by atomic mass is 32.1. The molecule has 1 aromatic carbocycles. The van der Waals surface area contributed by atoms with E-state index >= 15 is 0 Å². The van der Waals surface area contributed by atoms with Crippen molar-refractivity contribution in [3.8, 4) is 10.6 Å². The van der Waals surface area contributed by atoms with Crippen LogP contribution >= 0.6 is 11.3 Å². The SMILES string of the molecule is COC(=O)C(NC(=O)c1cc(-c2cccs2)nc2ccccc12)C(C)C. The number of hydrogen-bond acceptors (Lipinski definition) is 5. The predicted octanol–water partition coefficient (Wildman–Crippen LogP) is 3.89. The summed E-state index contributed by atoms with van der Waals surface area (Å²) in [5.74, 6) is -0.855. The van der Waals surface area contributed by atoms with Crippen molar-refractivity contribution in [2.24, 2.45) is 5.92 Å². The van der Waals surface area contributed by atoms with E-state index in [0.717, 1.165) is 21.5 Å². The summed E-state index contributed by atoms with van der Waals surface area (Å²) >= 11 is 1.56. The summed E-state index contributed by atoms with van der Waals surface area (Å²) < 4.78 is 4.82. The van der Waals surface area contributed by atoms with E-state index in [1.807, 2.05) is 55.6 Å². The summed E-state index contributed by atoms with van der Waals surface area (Å²) in [6.45, 7) is 3.73. The first-order valence-electron chi connectivity index (χ1n) is 8.33. The zero-order valence-corrected chi connectivity index (χ0v) is 15.7. The summed E-state index contributed by atoms with van der Waals surface area (Å²) in [7, 11) is 1.32. The lowest BCUT2D eigenvalue weighted by molar-refractivity contribution is -0.144. The maximum atomic E-state index is 13.0. The van der Waals surface area contributed by atoms with E-state index in [1.165, 1.54) is 7.11 Å². The van der Waals surface area contributed by atoms with Gasteiger partial charge in [0.2, 0.25) is 0 Å². The molecule has 0 bridgehead atoms. The number of hydrogen-bond donors (Lipinski definition) is 1. The van der Waals surface area contributed by atoms with Gasteiger partial charge in [0.25, 0.3) is 5.91 Å². The van der Waals surface area contributed by atoms with Gasteiger partial charge in [-0.3, -0.25) is 4.79 Å². The third-order valence-electron chi connectivity index (χ3n) is 4.14. The van der Waals surface area contributed by atoms with Crippen LogP contribution in [0.25, 0.3) is 21.5 Å². The Morgan fingerprint density at radius 2 is 1.92 bits per heavy atom. The fourth-order valence-electron chi connectivity index (χ4n) is 2.76. The van der Waals surface area contributed by atoms with Crippen LogP contribution in [0.2, 0.25) is 0 Å². The first-order chi connectivity index (χ1) is 12.5. The number of methoxy groups -OCH3 is 1. The molecule has 26 heavy (non-hydrogen) atoms. The molecule has 0 saturated carbocycles. The van der Waals surface area contributed by atoms with Crippen molar-refractivity contribution in [3.63, 3.8) is 0 Å². The molecule has 0 aliphatic rings. The van der Waals surface area contributed by atoms with Gasteiger partial charge >= 0.3 is 5.97 Å². The largest absolute Gasteiger partial charge is 0.467 e. The quantitative estimate of drug-likeness (QED) is 0.694. The second-order valence-electron chi connectivity index (χ2n) is 6.27. The van der Waals surface area contributed by atoms with Crippen molar-refractivity contribution in [2.45, 2.75) is 19.9 Å². The molecule has 0 spiro atoms. The van der Waals surface area contributed by atoms with Crippen LogP contribution in [0.15, 0.2) is 47.8 Å². The standard InChI is InChI=1S/C20H20N2O3S/c1-12(2)18(20(24)25-3)22-19(23)14-11-16(17-9-6-10-26-17)21-15-8-5-4-7-13(14)15/h4-12,18H,1-3H3,(H,22,23). The first-order valence-corrected chi connectivity index (χ1v) is 9.21. The van der Waals surface area contributed by atoms with E-state index < -0.39 is 12.0 Å². The van der Waals surface area contributed by atoms with E-state index in [1.54, 1.807) is 17.4 Å². The smallest absolute Gasteiger partial charge is 0.328 e. The molecule has 5 nitrogen and oxygen atoms in total. The number of carbonyl (C=O) groups is 2. The Bertz CT molecular complexity index is 935. The van der Waals surface area contributed by atoms with Crippen LogP contribution in [0, 0.1) is 5.92 Å². The molecule has 3 aromatic rings. The Kier molecular flexibility index (Phi) is 5.32. The molecule has 0 saturated heterocycles. The highest BCUT2D eigenvalue weighted by Gasteiger charge is 2.26. The van der Waals surface area contributed by atoms with Gasteiger partial charge in [0.05, 0.1) is 28.8 Å². The van der Waals surface area contributed by atoms with Gasteiger partial charge < -0.3 is 10.1 Å². The number of aromatic nitrogens is 1. The number of nitrogens with one attached hydrogen (secondary N) is 1. The maximum absolute atomic E-state index is 13.0. The molecule has 2 aromatic heterocycles. The molecule has 1 unspecified atom stereocenters. The number of fused-ring (bicyclic) bond motifs is 1. The van der Waals surface area contributed by atoms with Crippen molar-refractivity contribution in [1.29, 1.82) is 0 Å². The lowest BCUT2D eigenvalue weighted by Crippen LogP contribution is -2.45. The van der Waals surface area contributed by atoms with Crippen molar-refractivity contribution < 1.29 is 14.3 Å². The van der Waals surface area contributed by atoms with Gasteiger partial charge in [0.1, 0.15) is 6.04 Å². The highest BCUT2D eigenvalue weighted by Crippen LogP contribution is 2.28. The fraction of sp³-hybridized carbons (Fsp3) is 0.250. The molecular weight excluding hydrogens is 348 g/mol. The first kappa shape index (κ1) is 18.1. The number of ether oxygens (including phenoxy) is 1. The number of pyridine rings is 1. The minimum absolute atomic E-state index is 0.0868. The molecule has 2 heterocycles. The number of benzene rings is 1. The Morgan fingerprint density at radius 3 is 2.58 bits per heavy atom. The molecule has 0 radical (unpaired) electrons. The number of thiophene rings is 1. The van der Waals surface area contributed by atoms with Gasteiger partial charge in [-0.25, -0.2) is 9.78 Å². The van der Waals surface area contributed by atoms with Crippen LogP contribution in [-0.4, -0.2) is 30.0 Å². The number of carbonyl (C=O) groups excluding carboxylic acids is 2. The molecule has 0 fully saturated rings. The lowest BCUT2D eigenvalue weighted by atomic mass is 10.0. The Hall–Kier alpha value is -2.73. The van der Waals surface area contributed by atoms with Crippen LogP contribution in [0.4, 0.5) is 0 Å². The normalized spacial score (nSPS) is 12.2. The van der Waals surface area contributed by atoms with E-state index in [-0.39, 0.29) is 11.8 Å². The van der Waals surface area contributed by atoms with E-state index in [9.17, 15) is 9.59 Å². The van der Waals surface area contributed by atoms with Crippen LogP contribution in [0.3, 0.4) is 0 Å². The molecule has 134 valence electrons. The number of para-hydroxylation sites is 1. The van der Waals surface area contributed by atoms with Crippen LogP contribution in [0.1, 0.15) is 24.2 Å². The highest BCUT2D eigenvalue weighted by molar-refractivity contribution is 7.13. The second kappa shape index (κ2) is 7.66. The average molecular weight is 368 g/mol. The molecular formula is C20H20N2O3S. The molecule has 1 N–H and O–H groups in total. The second-order valence-corrected chi connectivity index (χ2v) is 7.22. The Balaban J connectivity index is 2.05. The third-order valence-corrected chi connectivity index (χ3v) is 5.04. The van der Waals surface area contributed by atoms with E-state index in [4.69, 9.17) is 4.74 Å². The minimum Gasteiger partial charge on any atom is -0.467 e. The molecule has 1 atom stereocenters. The predicted molar refractivity (Wildman–Crippen MR) is 103 cm³/mol. The summed E-state index contributed by atoms with van der Waals surface area (Å²) in [6.07, 6.45) is 0. The number of nitrogens with zero attached hydrogens (tertiary/aromatic N) is 1. The molecule has 1 amide bonds. The maximum Gasteiger partial charge on any atom is 0.328 e. The summed E-state index contributed by atoms with van der Waals surface area (Å²) in [6, 6.07) is 12.5. The van der Waals surface area contributed by atoms with Crippen LogP contribution < -0.4 is 5.32 Å². The van der Waals surface area contributed by atoms with Crippen molar-refractivity contribution in [1.82, 2.24) is 10.3 Å². The van der Waals surface area contributed by atoms with E-state index in [0.29, 0.717) is 5.56 Å². The molecule has 0 aliphatic carbocycles. The molecule has 3 rings (SSSR count). The Morgan fingerprint density at radius 1 is 1.15 bits per heavy atom. The van der Waals surface area contributed by atoms with Crippen molar-refractivity contribution in [3.05, 3.63) is 53.4 Å². The van der Waals surface area contributed by atoms with Crippen LogP contribution in [0.5, 0.6) is 0 Å². The summed E-state index contributed by atoms with van der Waals surface area (Å²) in [5, 5.41) is 5.53. The lowest BCUT2D eigenvalue weighted by Gasteiger charge is -2.20. The fourth-order valence-corrected chi connectivity index (χ4v) is 3.44. The van der Waals surface area contributed by atoms with Crippen LogP contribution in [-0.2, 0) is 9.53 Å². The monoisotopic (exact) mass is 368 g/mol. The van der Waals surface area contributed by atoms with Crippen molar-refractivity contribution >= 4 is 34.1 Å². The number of rotatable bonds is 5. The Labute approximate surface area is 156 Å². The van der Waals surface area contributed by atoms with Crippen molar-refractivity contribution in [2.75, 3.05) is 7.11 Å². The third kappa shape index (κ3) is 3.60. The zero-order chi connectivity index (χ0) is 18.7. The van der Waals surface area contributed by atoms with Gasteiger partial charge in [0, 0.05) is 5.39 Å². The van der Waals surface area contributed by atoms with Gasteiger partial charge in [-0.15, -0.1) is 11.3 Å². The minimum atomic E-state index is -0.704. The summed E-state index contributed by atoms with van der Waals surface area (Å²) in [4.78, 5) is 30.6. The van der Waals surface area contributed by atoms with Gasteiger partial charge in [-0.05, 0) is 29.5 Å². The molecule has 6 heteroatoms. The van der Waals surface area contributed by atoms with Gasteiger partial charge in [0.15, 0.2) is 0 Å². The molecule has 0 aliphatic heterocycles. The van der Waals surface area contributed by atoms with E-state index in [2.05, 4.69) is 10.3 Å². The van der Waals surface area contributed by atoms with Gasteiger partial charge in [-0.1, -0.05) is 38.1 Å². The topological polar surface area (TPSA) is 68.3 Å².